The molecule has 0 heteroatoms. The number of hydrogen-bond donors (Lipinski definition) is 0. The quantitative estimate of drug-likeness (QED) is 0.122. The minimum absolute atomic E-state index is 1.26. The molecule has 15 aromatic rings. The molecule has 0 aliphatic heterocycles. The summed E-state index contributed by atoms with van der Waals surface area (Å²) in [6.45, 7) is 0. The summed E-state index contributed by atoms with van der Waals surface area (Å²) >= 11 is 0. The molecule has 0 atom stereocenters. The second-order valence-corrected chi connectivity index (χ2v) is 17.0. The fraction of sp³-hybridized carbons (Fsp3) is 0. The van der Waals surface area contributed by atoms with Gasteiger partial charge in [-0.2, -0.15) is 0 Å². The fourth-order valence-corrected chi connectivity index (χ4v) is 11.9. The Morgan fingerprint density at radius 3 is 0.950 bits per heavy atom. The normalized spacial score (nSPS) is 12.7. The molecular formula is C60H32. The highest BCUT2D eigenvalue weighted by Crippen LogP contribution is 2.56. The van der Waals surface area contributed by atoms with Gasteiger partial charge in [-0.25, -0.2) is 0 Å². The lowest BCUT2D eigenvalue weighted by Crippen LogP contribution is -1.91. The van der Waals surface area contributed by atoms with Crippen molar-refractivity contribution in [2.24, 2.45) is 0 Å². The molecule has 0 radical (unpaired) electrons. The van der Waals surface area contributed by atoms with Crippen LogP contribution in [0, 0.1) is 0 Å². The molecule has 15 aromatic carbocycles. The molecule has 0 unspecified atom stereocenters. The first-order valence-electron chi connectivity index (χ1n) is 21.1. The molecule has 15 rings (SSSR count). The van der Waals surface area contributed by atoms with Crippen LogP contribution in [0.4, 0.5) is 0 Å². The van der Waals surface area contributed by atoms with E-state index in [9.17, 15) is 0 Å². The molecule has 0 nitrogen and oxygen atoms in total. The Bertz CT molecular complexity index is 4060. The fourth-order valence-electron chi connectivity index (χ4n) is 11.9. The lowest BCUT2D eigenvalue weighted by molar-refractivity contribution is 1.72. The molecule has 0 amide bonds. The van der Waals surface area contributed by atoms with E-state index in [0.29, 0.717) is 0 Å². The van der Waals surface area contributed by atoms with Gasteiger partial charge < -0.3 is 0 Å². The van der Waals surface area contributed by atoms with E-state index in [1.54, 1.807) is 0 Å². The molecule has 0 aliphatic rings. The van der Waals surface area contributed by atoms with Gasteiger partial charge in [0.2, 0.25) is 0 Å². The summed E-state index contributed by atoms with van der Waals surface area (Å²) < 4.78 is 0. The van der Waals surface area contributed by atoms with E-state index >= 15 is 0 Å². The SMILES string of the molecule is c1ccc2c(-c3c4cc5c(cc4c(-c4cccc6ccccc46)c4c6ccc7c8cccc9cccc(c%10ccc(c34)c6c%107)c98)c3cccc4cccc5c43)cccc2c1. The summed E-state index contributed by atoms with van der Waals surface area (Å²) in [6, 6.07) is 73.9. The van der Waals surface area contributed by atoms with Crippen molar-refractivity contribution in [3.05, 3.63) is 194 Å². The first-order valence-corrected chi connectivity index (χ1v) is 21.1. The molecule has 0 fully saturated rings. The van der Waals surface area contributed by atoms with Gasteiger partial charge in [0.15, 0.2) is 0 Å². The Kier molecular flexibility index (Phi) is 5.74. The van der Waals surface area contributed by atoms with E-state index in [0.717, 1.165) is 0 Å². The highest BCUT2D eigenvalue weighted by molar-refractivity contribution is 6.47. The van der Waals surface area contributed by atoms with E-state index in [4.69, 9.17) is 0 Å². The molecular weight excluding hydrogens is 721 g/mol. The third-order valence-corrected chi connectivity index (χ3v) is 14.2. The van der Waals surface area contributed by atoms with Gasteiger partial charge in [-0.05, 0) is 164 Å². The summed E-state index contributed by atoms with van der Waals surface area (Å²) in [4.78, 5) is 0. The van der Waals surface area contributed by atoms with Gasteiger partial charge in [-0.15, -0.1) is 0 Å². The maximum atomic E-state index is 2.56. The van der Waals surface area contributed by atoms with Gasteiger partial charge >= 0.3 is 0 Å². The van der Waals surface area contributed by atoms with Crippen LogP contribution in [0.3, 0.4) is 0 Å². The van der Waals surface area contributed by atoms with Crippen molar-refractivity contribution in [1.29, 1.82) is 0 Å². The van der Waals surface area contributed by atoms with Gasteiger partial charge in [0, 0.05) is 0 Å². The lowest BCUT2D eigenvalue weighted by atomic mass is 9.83. The van der Waals surface area contributed by atoms with Crippen molar-refractivity contribution in [3.63, 3.8) is 0 Å². The summed E-state index contributed by atoms with van der Waals surface area (Å²) in [6.07, 6.45) is 0. The average Bonchev–Trinajstić information content (AvgIpc) is 3.81. The largest absolute Gasteiger partial charge is 0.0616 e. The van der Waals surface area contributed by atoms with Gasteiger partial charge in [0.25, 0.3) is 0 Å². The second kappa shape index (κ2) is 11.0. The zero-order valence-corrected chi connectivity index (χ0v) is 32.5. The van der Waals surface area contributed by atoms with Crippen LogP contribution in [0.25, 0.3) is 152 Å². The molecule has 60 heavy (non-hydrogen) atoms. The molecule has 0 heterocycles. The van der Waals surface area contributed by atoms with Crippen molar-refractivity contribution in [2.45, 2.75) is 0 Å². The molecule has 0 aliphatic carbocycles. The Morgan fingerprint density at radius 2 is 0.483 bits per heavy atom. The highest BCUT2D eigenvalue weighted by atomic mass is 14.3. The van der Waals surface area contributed by atoms with Gasteiger partial charge in [-0.3, -0.25) is 0 Å². The molecule has 272 valence electrons. The number of rotatable bonds is 2. The molecule has 0 aromatic heterocycles. The predicted molar refractivity (Wildman–Crippen MR) is 261 cm³/mol. The van der Waals surface area contributed by atoms with Gasteiger partial charge in [0.1, 0.15) is 0 Å². The van der Waals surface area contributed by atoms with E-state index < -0.39 is 0 Å². The summed E-state index contributed by atoms with van der Waals surface area (Å²) in [5, 5.41) is 31.6. The highest BCUT2D eigenvalue weighted by Gasteiger charge is 2.28. The monoisotopic (exact) mass is 752 g/mol. The van der Waals surface area contributed by atoms with Crippen molar-refractivity contribution < 1.29 is 0 Å². The predicted octanol–water partition coefficient (Wildman–Crippen LogP) is 17.2. The third-order valence-electron chi connectivity index (χ3n) is 14.2. The molecule has 0 spiro atoms. The number of benzene rings is 13. The minimum Gasteiger partial charge on any atom is -0.0616 e. The number of hydrogen-bond acceptors (Lipinski definition) is 0. The smallest absolute Gasteiger partial charge is 0.000718 e. The van der Waals surface area contributed by atoms with Crippen molar-refractivity contribution in [1.82, 2.24) is 0 Å². The molecule has 0 N–H and O–H groups in total. The maximum absolute atomic E-state index is 2.56. The van der Waals surface area contributed by atoms with Crippen LogP contribution >= 0.6 is 0 Å². The Balaban J connectivity index is 1.27. The van der Waals surface area contributed by atoms with Crippen LogP contribution < -0.4 is 0 Å². The van der Waals surface area contributed by atoms with Crippen molar-refractivity contribution >= 4 is 129 Å². The molecule has 0 saturated heterocycles. The standard InChI is InChI=1S/C60H32/c1-3-19-37-33(11-1)13-5-21-39(37)56-51-31-49-43-25-9-17-36-18-10-26-44(54(36)43)50(49)32-52(51)57(40-22-6-14-34-12-2-4-20-38(34)40)60-48-30-28-46-42-24-8-16-35-15-7-23-41(53(35)42)45-27-29-47(59(56)60)58(48)55(45)46/h1-32H. The summed E-state index contributed by atoms with van der Waals surface area (Å²) in [5.41, 5.74) is 5.19. The Labute approximate surface area is 344 Å². The second-order valence-electron chi connectivity index (χ2n) is 17.0. The van der Waals surface area contributed by atoms with Crippen LogP contribution in [-0.2, 0) is 0 Å². The van der Waals surface area contributed by atoms with E-state index in [-0.39, 0.29) is 0 Å². The third kappa shape index (κ3) is 3.74. The van der Waals surface area contributed by atoms with Crippen LogP contribution in [0.5, 0.6) is 0 Å². The zero-order chi connectivity index (χ0) is 38.8. The maximum Gasteiger partial charge on any atom is -0.000718 e. The molecule has 0 saturated carbocycles. The Morgan fingerprint density at radius 1 is 0.167 bits per heavy atom. The Hall–Kier alpha value is -7.80. The van der Waals surface area contributed by atoms with Crippen molar-refractivity contribution in [3.8, 4) is 22.3 Å². The number of fused-ring (bicyclic) bond motifs is 11. The van der Waals surface area contributed by atoms with Crippen LogP contribution in [0.2, 0.25) is 0 Å². The van der Waals surface area contributed by atoms with E-state index in [1.165, 1.54) is 152 Å². The zero-order valence-electron chi connectivity index (χ0n) is 32.5. The van der Waals surface area contributed by atoms with Crippen LogP contribution in [0.1, 0.15) is 0 Å². The van der Waals surface area contributed by atoms with E-state index in [1.807, 2.05) is 0 Å². The first-order chi connectivity index (χ1) is 29.8. The lowest BCUT2D eigenvalue weighted by Gasteiger charge is -2.19. The average molecular weight is 753 g/mol. The first kappa shape index (κ1) is 31.2. The minimum atomic E-state index is 1.26. The van der Waals surface area contributed by atoms with Crippen LogP contribution in [-0.4, -0.2) is 0 Å². The van der Waals surface area contributed by atoms with E-state index in [2.05, 4.69) is 194 Å². The van der Waals surface area contributed by atoms with Gasteiger partial charge in [-0.1, -0.05) is 182 Å². The van der Waals surface area contributed by atoms with Crippen molar-refractivity contribution in [2.75, 3.05) is 0 Å². The van der Waals surface area contributed by atoms with Gasteiger partial charge in [0.05, 0.1) is 0 Å². The van der Waals surface area contributed by atoms with Crippen LogP contribution in [0.15, 0.2) is 194 Å². The summed E-state index contributed by atoms with van der Waals surface area (Å²) in [7, 11) is 0. The molecule has 0 bridgehead atoms. The summed E-state index contributed by atoms with van der Waals surface area (Å²) in [5.74, 6) is 0. The topological polar surface area (TPSA) is 0 Å².